The van der Waals surface area contributed by atoms with E-state index >= 15 is 0 Å². The molecule has 0 saturated carbocycles. The fraction of sp³-hybridized carbons (Fsp3) is 0.727. The van der Waals surface area contributed by atoms with Gasteiger partial charge in [-0.25, -0.2) is 0 Å². The molecule has 7 heteroatoms. The molecule has 1 aromatic heterocycles. The molecule has 1 rings (SSSR count). The first-order valence-electron chi connectivity index (χ1n) is 5.64. The van der Waals surface area contributed by atoms with Crippen LogP contribution in [0.4, 0.5) is 13.2 Å². The highest BCUT2D eigenvalue weighted by molar-refractivity contribution is 6.31. The summed E-state index contributed by atoms with van der Waals surface area (Å²) in [6.07, 6.45) is -3.72. The highest BCUT2D eigenvalue weighted by Crippen LogP contribution is 2.21. The highest BCUT2D eigenvalue weighted by atomic mass is 35.5. The van der Waals surface area contributed by atoms with Crippen molar-refractivity contribution in [1.29, 1.82) is 0 Å². The molecular weight excluding hydrogens is 269 g/mol. The highest BCUT2D eigenvalue weighted by Gasteiger charge is 2.27. The Balaban J connectivity index is 2.48. The first-order valence-corrected chi connectivity index (χ1v) is 6.02. The molecule has 0 aliphatic carbocycles. The van der Waals surface area contributed by atoms with Gasteiger partial charge in [0.2, 0.25) is 0 Å². The van der Waals surface area contributed by atoms with Crippen LogP contribution in [0.25, 0.3) is 0 Å². The summed E-state index contributed by atoms with van der Waals surface area (Å²) in [5.74, 6) is 0.385. The molecule has 0 amide bonds. The molecule has 0 atom stereocenters. The van der Waals surface area contributed by atoms with E-state index < -0.39 is 12.6 Å². The van der Waals surface area contributed by atoms with E-state index in [1.165, 1.54) is 10.9 Å². The molecule has 0 aromatic carbocycles. The van der Waals surface area contributed by atoms with Crippen LogP contribution in [0.2, 0.25) is 5.02 Å². The van der Waals surface area contributed by atoms with Crippen molar-refractivity contribution in [3.63, 3.8) is 0 Å². The molecule has 0 spiro atoms. The van der Waals surface area contributed by atoms with E-state index in [-0.39, 0.29) is 13.2 Å². The van der Waals surface area contributed by atoms with Crippen molar-refractivity contribution in [2.45, 2.75) is 39.6 Å². The maximum absolute atomic E-state index is 12.0. The molecule has 0 N–H and O–H groups in total. The molecule has 18 heavy (non-hydrogen) atoms. The van der Waals surface area contributed by atoms with Gasteiger partial charge in [-0.15, -0.1) is 0 Å². The summed E-state index contributed by atoms with van der Waals surface area (Å²) < 4.78 is 42.7. The van der Waals surface area contributed by atoms with Gasteiger partial charge in [0.15, 0.2) is 0 Å². The summed E-state index contributed by atoms with van der Waals surface area (Å²) >= 11 is 5.87. The third kappa shape index (κ3) is 5.73. The Morgan fingerprint density at radius 3 is 2.67 bits per heavy atom. The summed E-state index contributed by atoms with van der Waals surface area (Å²) in [7, 11) is 0. The molecule has 0 aliphatic rings. The Morgan fingerprint density at radius 2 is 2.11 bits per heavy atom. The molecule has 104 valence electrons. The second kappa shape index (κ2) is 6.43. The van der Waals surface area contributed by atoms with Gasteiger partial charge in [-0.3, -0.25) is 4.68 Å². The summed E-state index contributed by atoms with van der Waals surface area (Å²) in [6, 6.07) is 0. The summed E-state index contributed by atoms with van der Waals surface area (Å²) in [5, 5.41) is 4.30. The molecule has 0 radical (unpaired) electrons. The van der Waals surface area contributed by atoms with Crippen molar-refractivity contribution in [2.75, 3.05) is 6.61 Å². The van der Waals surface area contributed by atoms with Crippen LogP contribution in [0, 0.1) is 5.92 Å². The van der Waals surface area contributed by atoms with Crippen molar-refractivity contribution in [1.82, 2.24) is 9.78 Å². The van der Waals surface area contributed by atoms with E-state index in [1.807, 2.05) is 13.8 Å². The summed E-state index contributed by atoms with van der Waals surface area (Å²) in [6.45, 7) is 4.56. The van der Waals surface area contributed by atoms with E-state index in [0.717, 1.165) is 0 Å². The Labute approximate surface area is 109 Å². The lowest BCUT2D eigenvalue weighted by molar-refractivity contribution is -0.137. The van der Waals surface area contributed by atoms with Crippen molar-refractivity contribution < 1.29 is 17.9 Å². The second-order valence-electron chi connectivity index (χ2n) is 4.46. The topological polar surface area (TPSA) is 27.1 Å². The predicted molar refractivity (Wildman–Crippen MR) is 62.4 cm³/mol. The van der Waals surface area contributed by atoms with Crippen molar-refractivity contribution in [2.24, 2.45) is 5.92 Å². The van der Waals surface area contributed by atoms with E-state index in [2.05, 4.69) is 5.10 Å². The number of hydrogen-bond acceptors (Lipinski definition) is 2. The third-order valence-corrected chi connectivity index (χ3v) is 2.42. The maximum atomic E-state index is 12.0. The zero-order valence-electron chi connectivity index (χ0n) is 10.3. The molecule has 0 aliphatic heterocycles. The van der Waals surface area contributed by atoms with Crippen molar-refractivity contribution in [3.8, 4) is 0 Å². The number of aryl methyl sites for hydroxylation is 1. The Hall–Kier alpha value is -0.750. The number of alkyl halides is 3. The Morgan fingerprint density at radius 1 is 1.44 bits per heavy atom. The minimum Gasteiger partial charge on any atom is -0.375 e. The van der Waals surface area contributed by atoms with Gasteiger partial charge in [0.1, 0.15) is 5.69 Å². The van der Waals surface area contributed by atoms with Gasteiger partial charge in [-0.1, -0.05) is 25.4 Å². The van der Waals surface area contributed by atoms with Crippen LogP contribution in [-0.4, -0.2) is 22.6 Å². The predicted octanol–water partition coefficient (Wildman–Crippen LogP) is 3.66. The lowest BCUT2D eigenvalue weighted by Gasteiger charge is -2.06. The number of nitrogens with zero attached hydrogens (tertiary/aromatic N) is 2. The first-order chi connectivity index (χ1) is 8.28. The van der Waals surface area contributed by atoms with Gasteiger partial charge in [-0.2, -0.15) is 18.3 Å². The van der Waals surface area contributed by atoms with E-state index in [9.17, 15) is 13.2 Å². The largest absolute Gasteiger partial charge is 0.390 e. The lowest BCUT2D eigenvalue weighted by atomic mass is 10.2. The van der Waals surface area contributed by atoms with E-state index in [0.29, 0.717) is 23.2 Å². The van der Waals surface area contributed by atoms with Gasteiger partial charge in [0.25, 0.3) is 0 Å². The third-order valence-electron chi connectivity index (χ3n) is 2.10. The van der Waals surface area contributed by atoms with Crippen LogP contribution in [0.1, 0.15) is 26.0 Å². The molecule has 0 unspecified atom stereocenters. The van der Waals surface area contributed by atoms with Crippen LogP contribution < -0.4 is 0 Å². The molecule has 0 bridgehead atoms. The van der Waals surface area contributed by atoms with Crippen LogP contribution in [0.15, 0.2) is 6.20 Å². The number of halogens is 4. The number of hydrogen-bond donors (Lipinski definition) is 0. The van der Waals surface area contributed by atoms with E-state index in [1.54, 1.807) is 0 Å². The molecule has 0 saturated heterocycles. The van der Waals surface area contributed by atoms with Crippen LogP contribution in [-0.2, 0) is 17.9 Å². The lowest BCUT2D eigenvalue weighted by Crippen LogP contribution is -2.12. The summed E-state index contributed by atoms with van der Waals surface area (Å²) in [4.78, 5) is 0. The average molecular weight is 285 g/mol. The zero-order chi connectivity index (χ0) is 13.8. The smallest absolute Gasteiger partial charge is 0.375 e. The minimum absolute atomic E-state index is 0.218. The van der Waals surface area contributed by atoms with Gasteiger partial charge in [0.05, 0.1) is 18.1 Å². The minimum atomic E-state index is -4.19. The van der Waals surface area contributed by atoms with E-state index in [4.69, 9.17) is 16.3 Å². The zero-order valence-corrected chi connectivity index (χ0v) is 11.1. The van der Waals surface area contributed by atoms with Gasteiger partial charge in [0, 0.05) is 19.3 Å². The molecule has 0 fully saturated rings. The fourth-order valence-electron chi connectivity index (χ4n) is 1.28. The van der Waals surface area contributed by atoms with Crippen LogP contribution in [0.5, 0.6) is 0 Å². The molecule has 3 nitrogen and oxygen atoms in total. The first kappa shape index (κ1) is 15.3. The van der Waals surface area contributed by atoms with Gasteiger partial charge < -0.3 is 4.74 Å². The number of aromatic nitrogens is 2. The quantitative estimate of drug-likeness (QED) is 0.797. The van der Waals surface area contributed by atoms with Crippen molar-refractivity contribution in [3.05, 3.63) is 16.9 Å². The fourth-order valence-corrected chi connectivity index (χ4v) is 1.49. The molecular formula is C11H16ClF3N2O. The molecule has 1 heterocycles. The Bertz CT molecular complexity index is 377. The molecule has 1 aromatic rings. The SMILES string of the molecule is CC(C)COCc1nn(CCC(F)(F)F)cc1Cl. The van der Waals surface area contributed by atoms with Gasteiger partial charge in [-0.05, 0) is 5.92 Å². The standard InChI is InChI=1S/C11H16ClF3N2O/c1-8(2)6-18-7-10-9(12)5-17(16-10)4-3-11(13,14)15/h5,8H,3-4,6-7H2,1-2H3. The van der Waals surface area contributed by atoms with Gasteiger partial charge >= 0.3 is 6.18 Å². The number of ether oxygens (including phenoxy) is 1. The maximum Gasteiger partial charge on any atom is 0.390 e. The van der Waals surface area contributed by atoms with Crippen LogP contribution >= 0.6 is 11.6 Å². The van der Waals surface area contributed by atoms with Crippen molar-refractivity contribution >= 4 is 11.6 Å². The second-order valence-corrected chi connectivity index (χ2v) is 4.87. The Kier molecular flexibility index (Phi) is 5.47. The summed E-state index contributed by atoms with van der Waals surface area (Å²) in [5.41, 5.74) is 0.472. The number of rotatable bonds is 6. The van der Waals surface area contributed by atoms with Crippen LogP contribution in [0.3, 0.4) is 0 Å². The monoisotopic (exact) mass is 284 g/mol. The normalized spacial score (nSPS) is 12.4. The average Bonchev–Trinajstić information content (AvgIpc) is 2.55.